The maximum Gasteiger partial charge on any atom is 0.234 e. The number of hydrogen-bond acceptors (Lipinski definition) is 6. The molecule has 1 saturated carbocycles. The molecule has 1 fully saturated rings. The number of halogens is 1. The van der Waals surface area contributed by atoms with Crippen molar-refractivity contribution in [3.05, 3.63) is 47.5 Å². The van der Waals surface area contributed by atoms with Gasteiger partial charge in [-0.05, 0) is 68.1 Å². The number of methoxy groups -OCH3 is 1. The Morgan fingerprint density at radius 2 is 1.94 bits per heavy atom. The van der Waals surface area contributed by atoms with Crippen molar-refractivity contribution in [3.63, 3.8) is 0 Å². The minimum absolute atomic E-state index is 0.176. The molecule has 1 aromatic heterocycles. The van der Waals surface area contributed by atoms with E-state index < -0.39 is 0 Å². The van der Waals surface area contributed by atoms with Crippen molar-refractivity contribution < 1.29 is 14.3 Å². The van der Waals surface area contributed by atoms with E-state index in [0.29, 0.717) is 27.7 Å². The van der Waals surface area contributed by atoms with E-state index in [1.807, 2.05) is 35.9 Å². The second kappa shape index (κ2) is 10.3. The second-order valence-electron chi connectivity index (χ2n) is 7.60. The Morgan fingerprint density at radius 3 is 2.66 bits per heavy atom. The van der Waals surface area contributed by atoms with E-state index in [0.717, 1.165) is 30.0 Å². The zero-order valence-electron chi connectivity index (χ0n) is 18.0. The molecule has 0 unspecified atom stereocenters. The van der Waals surface area contributed by atoms with Crippen LogP contribution in [-0.2, 0) is 11.8 Å². The molecular formula is C23H25ClN4O3S. The van der Waals surface area contributed by atoms with Gasteiger partial charge >= 0.3 is 0 Å². The second-order valence-corrected chi connectivity index (χ2v) is 8.97. The molecule has 3 aromatic rings. The molecule has 1 N–H and O–H groups in total. The lowest BCUT2D eigenvalue weighted by atomic mass is 10.2. The number of nitrogens with one attached hydrogen (secondary N) is 1. The molecule has 1 amide bonds. The monoisotopic (exact) mass is 472 g/mol. The summed E-state index contributed by atoms with van der Waals surface area (Å²) in [6.45, 7) is 0. The van der Waals surface area contributed by atoms with Crippen LogP contribution in [0.2, 0.25) is 5.02 Å². The highest BCUT2D eigenvalue weighted by atomic mass is 35.5. The number of hydrogen-bond donors (Lipinski definition) is 1. The number of aromatic nitrogens is 3. The number of thioether (sulfide) groups is 1. The van der Waals surface area contributed by atoms with Crippen LogP contribution in [-0.4, -0.2) is 39.6 Å². The Kier molecular flexibility index (Phi) is 7.22. The number of benzene rings is 2. The van der Waals surface area contributed by atoms with Gasteiger partial charge in [0.15, 0.2) is 11.0 Å². The molecule has 1 aliphatic carbocycles. The molecule has 0 aliphatic heterocycles. The summed E-state index contributed by atoms with van der Waals surface area (Å²) in [5.74, 6) is 2.15. The Hall–Kier alpha value is -2.71. The minimum atomic E-state index is -0.187. The number of carbonyl (C=O) groups is 1. The third-order valence-electron chi connectivity index (χ3n) is 5.32. The van der Waals surface area contributed by atoms with E-state index in [1.54, 1.807) is 25.3 Å². The molecule has 0 bridgehead atoms. The molecule has 1 heterocycles. The van der Waals surface area contributed by atoms with Crippen LogP contribution in [0.4, 0.5) is 5.69 Å². The zero-order valence-corrected chi connectivity index (χ0v) is 19.6. The van der Waals surface area contributed by atoms with Crippen LogP contribution in [0.3, 0.4) is 0 Å². The summed E-state index contributed by atoms with van der Waals surface area (Å²) >= 11 is 7.33. The molecule has 0 atom stereocenters. The molecule has 168 valence electrons. The van der Waals surface area contributed by atoms with E-state index >= 15 is 0 Å². The van der Waals surface area contributed by atoms with Crippen LogP contribution in [0.15, 0.2) is 47.6 Å². The van der Waals surface area contributed by atoms with Gasteiger partial charge in [0.05, 0.1) is 24.7 Å². The highest BCUT2D eigenvalue weighted by Crippen LogP contribution is 2.29. The summed E-state index contributed by atoms with van der Waals surface area (Å²) in [5, 5.41) is 12.5. The van der Waals surface area contributed by atoms with Crippen LogP contribution in [0.25, 0.3) is 11.4 Å². The maximum atomic E-state index is 12.4. The van der Waals surface area contributed by atoms with Gasteiger partial charge in [0.25, 0.3) is 0 Å². The number of carbonyl (C=O) groups excluding carboxylic acids is 1. The largest absolute Gasteiger partial charge is 0.495 e. The lowest BCUT2D eigenvalue weighted by molar-refractivity contribution is -0.113. The van der Waals surface area contributed by atoms with Crippen LogP contribution in [0, 0.1) is 0 Å². The van der Waals surface area contributed by atoms with E-state index in [1.165, 1.54) is 24.6 Å². The van der Waals surface area contributed by atoms with Crippen LogP contribution < -0.4 is 14.8 Å². The summed E-state index contributed by atoms with van der Waals surface area (Å²) in [6, 6.07) is 13.0. The average Bonchev–Trinajstić information content (AvgIpc) is 3.43. The van der Waals surface area contributed by atoms with Crippen LogP contribution >= 0.6 is 23.4 Å². The van der Waals surface area contributed by atoms with E-state index in [2.05, 4.69) is 15.5 Å². The summed E-state index contributed by atoms with van der Waals surface area (Å²) in [6.07, 6.45) is 5.07. The Bertz CT molecular complexity index is 1080. The smallest absolute Gasteiger partial charge is 0.234 e. The molecule has 9 heteroatoms. The van der Waals surface area contributed by atoms with Gasteiger partial charge < -0.3 is 19.4 Å². The molecule has 1 aliphatic rings. The van der Waals surface area contributed by atoms with Crippen molar-refractivity contribution in [3.8, 4) is 22.9 Å². The summed E-state index contributed by atoms with van der Waals surface area (Å²) < 4.78 is 13.2. The van der Waals surface area contributed by atoms with Gasteiger partial charge in [0, 0.05) is 17.6 Å². The number of ether oxygens (including phenoxy) is 2. The lowest BCUT2D eigenvalue weighted by Crippen LogP contribution is -2.15. The van der Waals surface area contributed by atoms with Gasteiger partial charge in [-0.2, -0.15) is 0 Å². The Labute approximate surface area is 196 Å². The van der Waals surface area contributed by atoms with Gasteiger partial charge in [0.1, 0.15) is 11.5 Å². The number of anilines is 1. The number of amides is 1. The third-order valence-corrected chi connectivity index (χ3v) is 6.58. The fraction of sp³-hybridized carbons (Fsp3) is 0.348. The SMILES string of the molecule is COc1ccc(Cl)cc1NC(=O)CSc1nnc(-c2ccc(OC3CCCC3)cc2)n1C. The van der Waals surface area contributed by atoms with E-state index in [4.69, 9.17) is 21.1 Å². The summed E-state index contributed by atoms with van der Waals surface area (Å²) in [5.41, 5.74) is 1.47. The normalized spacial score (nSPS) is 13.8. The first-order valence-corrected chi connectivity index (χ1v) is 11.8. The molecular weight excluding hydrogens is 448 g/mol. The standard InChI is InChI=1S/C23H25ClN4O3S/c1-28-22(15-7-10-18(11-8-15)31-17-5-3-4-6-17)26-27-23(28)32-14-21(29)25-19-13-16(24)9-12-20(19)30-2/h7-13,17H,3-6,14H2,1-2H3,(H,25,29). The lowest BCUT2D eigenvalue weighted by Gasteiger charge is -2.13. The number of rotatable bonds is 8. The summed E-state index contributed by atoms with van der Waals surface area (Å²) in [7, 11) is 3.43. The average molecular weight is 473 g/mol. The van der Waals surface area contributed by atoms with Gasteiger partial charge in [-0.15, -0.1) is 10.2 Å². The van der Waals surface area contributed by atoms with Crippen molar-refractivity contribution in [2.45, 2.75) is 36.9 Å². The van der Waals surface area contributed by atoms with Crippen LogP contribution in [0.1, 0.15) is 25.7 Å². The van der Waals surface area contributed by atoms with Crippen molar-refractivity contribution in [1.29, 1.82) is 0 Å². The molecule has 32 heavy (non-hydrogen) atoms. The fourth-order valence-electron chi connectivity index (χ4n) is 3.67. The summed E-state index contributed by atoms with van der Waals surface area (Å²) in [4.78, 5) is 12.4. The molecule has 4 rings (SSSR count). The predicted molar refractivity (Wildman–Crippen MR) is 127 cm³/mol. The van der Waals surface area contributed by atoms with Gasteiger partial charge in [-0.3, -0.25) is 4.79 Å². The molecule has 0 spiro atoms. The van der Waals surface area contributed by atoms with Crippen molar-refractivity contribution in [2.24, 2.45) is 7.05 Å². The molecule has 7 nitrogen and oxygen atoms in total. The first-order chi connectivity index (χ1) is 15.5. The maximum absolute atomic E-state index is 12.4. The third kappa shape index (κ3) is 5.37. The van der Waals surface area contributed by atoms with E-state index in [-0.39, 0.29) is 11.7 Å². The molecule has 0 saturated heterocycles. The van der Waals surface area contributed by atoms with Gasteiger partial charge in [-0.25, -0.2) is 0 Å². The predicted octanol–water partition coefficient (Wildman–Crippen LogP) is 5.20. The van der Waals surface area contributed by atoms with Gasteiger partial charge in [0.2, 0.25) is 5.91 Å². The Morgan fingerprint density at radius 1 is 1.19 bits per heavy atom. The van der Waals surface area contributed by atoms with E-state index in [9.17, 15) is 4.79 Å². The number of nitrogens with zero attached hydrogens (tertiary/aromatic N) is 3. The zero-order chi connectivity index (χ0) is 22.5. The van der Waals surface area contributed by atoms with Crippen molar-refractivity contribution in [1.82, 2.24) is 14.8 Å². The van der Waals surface area contributed by atoms with Crippen molar-refractivity contribution >= 4 is 35.0 Å². The minimum Gasteiger partial charge on any atom is -0.495 e. The molecule has 0 radical (unpaired) electrons. The topological polar surface area (TPSA) is 78.3 Å². The first kappa shape index (κ1) is 22.5. The first-order valence-electron chi connectivity index (χ1n) is 10.5. The highest BCUT2D eigenvalue weighted by molar-refractivity contribution is 7.99. The quantitative estimate of drug-likeness (QED) is 0.454. The fourth-order valence-corrected chi connectivity index (χ4v) is 4.55. The van der Waals surface area contributed by atoms with Gasteiger partial charge in [-0.1, -0.05) is 23.4 Å². The Balaban J connectivity index is 1.36. The highest BCUT2D eigenvalue weighted by Gasteiger charge is 2.17. The van der Waals surface area contributed by atoms with Crippen molar-refractivity contribution in [2.75, 3.05) is 18.2 Å². The molecule has 2 aromatic carbocycles. The van der Waals surface area contributed by atoms with Crippen LogP contribution in [0.5, 0.6) is 11.5 Å².